The minimum Gasteiger partial charge on any atom is -0.300 e. The van der Waals surface area contributed by atoms with Crippen molar-refractivity contribution in [2.45, 2.75) is 6.92 Å². The number of hydrogen-bond donors (Lipinski definition) is 1. The number of anilines is 1. The number of rotatable bonds is 3. The van der Waals surface area contributed by atoms with Crippen LogP contribution in [0.1, 0.15) is 11.3 Å². The van der Waals surface area contributed by atoms with Gasteiger partial charge in [-0.25, -0.2) is 0 Å². The van der Waals surface area contributed by atoms with Crippen LogP contribution >= 0.6 is 0 Å². The van der Waals surface area contributed by atoms with E-state index >= 15 is 0 Å². The van der Waals surface area contributed by atoms with Crippen molar-refractivity contribution < 1.29 is 0 Å². The molecule has 0 spiro atoms. The number of benzene rings is 2. The molecule has 0 saturated heterocycles. The average Bonchev–Trinajstić information content (AvgIpc) is 3.09. The van der Waals surface area contributed by atoms with Crippen LogP contribution in [0.3, 0.4) is 0 Å². The molecule has 1 aliphatic heterocycles. The molecule has 1 aromatic heterocycles. The van der Waals surface area contributed by atoms with Crippen LogP contribution in [-0.2, 0) is 0 Å². The van der Waals surface area contributed by atoms with Gasteiger partial charge in [-0.15, -0.1) is 0 Å². The van der Waals surface area contributed by atoms with Gasteiger partial charge < -0.3 is 4.92 Å². The Hall–Kier alpha value is -3.08. The van der Waals surface area contributed by atoms with E-state index in [9.17, 15) is 0 Å². The van der Waals surface area contributed by atoms with Crippen LogP contribution in [0.4, 0.5) is 5.69 Å². The van der Waals surface area contributed by atoms with Gasteiger partial charge in [-0.05, 0) is 36.7 Å². The summed E-state index contributed by atoms with van der Waals surface area (Å²) in [7, 11) is 0. The van der Waals surface area contributed by atoms with Crippen LogP contribution in [0, 0.1) is 6.92 Å². The second-order valence-corrected chi connectivity index (χ2v) is 5.79. The number of aromatic nitrogens is 1. The number of nitrogens with one attached hydrogen (secondary N) is 1. The molecule has 5 heteroatoms. The molecule has 0 bridgehead atoms. The van der Waals surface area contributed by atoms with Crippen molar-refractivity contribution in [2.75, 3.05) is 4.92 Å². The van der Waals surface area contributed by atoms with Crippen molar-refractivity contribution in [2.24, 2.45) is 4.90 Å². The van der Waals surface area contributed by atoms with Crippen LogP contribution in [-0.4, -0.2) is 17.8 Å². The third-order valence-electron chi connectivity index (χ3n) is 4.04. The molecule has 0 radical (unpaired) electrons. The van der Waals surface area contributed by atoms with Crippen LogP contribution in [0.2, 0.25) is 0 Å². The Labute approximate surface area is 142 Å². The maximum atomic E-state index is 4.88. The van der Waals surface area contributed by atoms with Crippen LogP contribution in [0.5, 0.6) is 0 Å². The van der Waals surface area contributed by atoms with Crippen molar-refractivity contribution in [3.8, 4) is 0 Å². The first-order chi connectivity index (χ1) is 11.8. The van der Waals surface area contributed by atoms with E-state index in [2.05, 4.69) is 58.7 Å². The lowest BCUT2D eigenvalue weighted by Gasteiger charge is -2.23. The normalized spacial score (nSPS) is 13.6. The zero-order valence-electron chi connectivity index (χ0n) is 13.4. The summed E-state index contributed by atoms with van der Waals surface area (Å²) in [6.45, 7) is 1.97. The third-order valence-corrected chi connectivity index (χ3v) is 4.04. The van der Waals surface area contributed by atoms with E-state index in [4.69, 9.17) is 4.90 Å². The highest BCUT2D eigenvalue weighted by Crippen LogP contribution is 2.18. The number of hydrazine groups is 1. The molecular formula is C19H17BN4. The standard InChI is InChI=1S/C19H17BN4/c1-15-10-12-16(13-11-15)20-22-19(18-9-5-6-14-21-18)23-24(20)17-7-3-2-4-8-17/h2-14H,1H3,(H,22,23). The van der Waals surface area contributed by atoms with Gasteiger partial charge in [-0.2, -0.15) is 0 Å². The molecular weight excluding hydrogens is 295 g/mol. The molecule has 3 aromatic rings. The Kier molecular flexibility index (Phi) is 3.75. The Balaban J connectivity index is 1.75. The van der Waals surface area contributed by atoms with Crippen LogP contribution < -0.4 is 15.8 Å². The molecule has 0 aliphatic carbocycles. The maximum absolute atomic E-state index is 4.88. The highest BCUT2D eigenvalue weighted by atomic mass is 15.5. The van der Waals surface area contributed by atoms with Crippen molar-refractivity contribution >= 4 is 24.0 Å². The molecule has 0 saturated carbocycles. The second kappa shape index (κ2) is 6.20. The molecule has 2 heterocycles. The number of aryl methyl sites for hydroxylation is 1. The van der Waals surface area contributed by atoms with E-state index < -0.39 is 0 Å². The summed E-state index contributed by atoms with van der Waals surface area (Å²) >= 11 is 0. The van der Waals surface area contributed by atoms with Crippen molar-refractivity contribution in [1.29, 1.82) is 0 Å². The van der Waals surface area contributed by atoms with Gasteiger partial charge in [0.25, 0.3) is 0 Å². The molecule has 4 rings (SSSR count). The summed E-state index contributed by atoms with van der Waals surface area (Å²) in [5.74, 6) is 0.782. The van der Waals surface area contributed by atoms with E-state index in [1.807, 2.05) is 36.4 Å². The van der Waals surface area contributed by atoms with Crippen LogP contribution in [0.25, 0.3) is 0 Å². The summed E-state index contributed by atoms with van der Waals surface area (Å²) in [5, 5.41) is 0. The summed E-state index contributed by atoms with van der Waals surface area (Å²) in [6.07, 6.45) is 1.78. The number of para-hydroxylation sites is 1. The molecule has 2 aromatic carbocycles. The first kappa shape index (κ1) is 14.5. The van der Waals surface area contributed by atoms with E-state index in [0.29, 0.717) is 0 Å². The highest BCUT2D eigenvalue weighted by Gasteiger charge is 2.34. The SMILES string of the molecule is Cc1ccc(B2N=C(c3ccccn3)NN2c2ccccc2)cc1. The average molecular weight is 312 g/mol. The third kappa shape index (κ3) is 2.76. The molecule has 1 N–H and O–H groups in total. The number of hydrogen-bond acceptors (Lipinski definition) is 4. The van der Waals surface area contributed by atoms with Gasteiger partial charge >= 0.3 is 6.98 Å². The largest absolute Gasteiger partial charge is 0.451 e. The number of amidine groups is 1. The fraction of sp³-hybridized carbons (Fsp3) is 0.0526. The predicted molar refractivity (Wildman–Crippen MR) is 99.4 cm³/mol. The van der Waals surface area contributed by atoms with Gasteiger partial charge in [0.05, 0.1) is 0 Å². The fourth-order valence-electron chi connectivity index (χ4n) is 2.77. The van der Waals surface area contributed by atoms with Crippen molar-refractivity contribution in [1.82, 2.24) is 10.4 Å². The highest BCUT2D eigenvalue weighted by molar-refractivity contribution is 6.77. The Morgan fingerprint density at radius 2 is 1.62 bits per heavy atom. The molecule has 0 unspecified atom stereocenters. The van der Waals surface area contributed by atoms with Crippen LogP contribution in [0.15, 0.2) is 83.9 Å². The lowest BCUT2D eigenvalue weighted by molar-refractivity contribution is 1.01. The minimum absolute atomic E-state index is 0.120. The molecule has 1 aliphatic rings. The zero-order chi connectivity index (χ0) is 16.4. The molecule has 116 valence electrons. The first-order valence-corrected chi connectivity index (χ1v) is 7.98. The fourth-order valence-corrected chi connectivity index (χ4v) is 2.77. The smallest absolute Gasteiger partial charge is 0.300 e. The minimum atomic E-state index is -0.120. The van der Waals surface area contributed by atoms with Crippen molar-refractivity contribution in [3.63, 3.8) is 0 Å². The van der Waals surface area contributed by atoms with Gasteiger partial charge in [0.2, 0.25) is 0 Å². The lowest BCUT2D eigenvalue weighted by Crippen LogP contribution is -2.50. The molecule has 4 nitrogen and oxygen atoms in total. The van der Waals surface area contributed by atoms with Crippen molar-refractivity contribution in [3.05, 3.63) is 90.3 Å². The van der Waals surface area contributed by atoms with Gasteiger partial charge in [0.15, 0.2) is 5.84 Å². The zero-order valence-corrected chi connectivity index (χ0v) is 13.4. The second-order valence-electron chi connectivity index (χ2n) is 5.79. The number of nitrogens with zero attached hydrogens (tertiary/aromatic N) is 3. The van der Waals surface area contributed by atoms with E-state index in [0.717, 1.165) is 22.7 Å². The summed E-state index contributed by atoms with van der Waals surface area (Å²) < 4.78 is 0. The molecule has 0 fully saturated rings. The predicted octanol–water partition coefficient (Wildman–Crippen LogP) is 2.56. The molecule has 24 heavy (non-hydrogen) atoms. The maximum Gasteiger partial charge on any atom is 0.451 e. The monoisotopic (exact) mass is 312 g/mol. The molecule has 0 amide bonds. The number of pyridine rings is 1. The van der Waals surface area contributed by atoms with Gasteiger partial charge in [-0.3, -0.25) is 15.3 Å². The Morgan fingerprint density at radius 3 is 2.33 bits per heavy atom. The van der Waals surface area contributed by atoms with Gasteiger partial charge in [-0.1, -0.05) is 54.1 Å². The summed E-state index contributed by atoms with van der Waals surface area (Å²) in [4.78, 5) is 11.4. The molecule has 0 atom stereocenters. The Morgan fingerprint density at radius 1 is 0.875 bits per heavy atom. The van der Waals surface area contributed by atoms with Gasteiger partial charge in [0, 0.05) is 11.9 Å². The topological polar surface area (TPSA) is 40.5 Å². The van der Waals surface area contributed by atoms with E-state index in [1.165, 1.54) is 5.56 Å². The quantitative estimate of drug-likeness (QED) is 0.756. The summed E-state index contributed by atoms with van der Waals surface area (Å²) in [5.41, 5.74) is 7.70. The van der Waals surface area contributed by atoms with E-state index in [-0.39, 0.29) is 6.98 Å². The summed E-state index contributed by atoms with van der Waals surface area (Å²) in [6, 6.07) is 24.6. The van der Waals surface area contributed by atoms with E-state index in [1.54, 1.807) is 6.20 Å². The first-order valence-electron chi connectivity index (χ1n) is 7.98. The van der Waals surface area contributed by atoms with Gasteiger partial charge in [0.1, 0.15) is 5.69 Å². The lowest BCUT2D eigenvalue weighted by atomic mass is 9.68. The Bertz CT molecular complexity index is 848.